The average molecular weight is 556 g/mol. The van der Waals surface area contributed by atoms with Gasteiger partial charge in [-0.25, -0.2) is 13.4 Å². The monoisotopic (exact) mass is 555 g/mol. The number of carboxylic acids is 1. The first-order chi connectivity index (χ1) is 18.5. The molecule has 0 saturated carbocycles. The lowest BCUT2D eigenvalue weighted by Crippen LogP contribution is -2.42. The fraction of sp³-hybridized carbons (Fsp3) is 0.143. The molecule has 202 valence electrons. The molecule has 3 N–H and O–H groups in total. The van der Waals surface area contributed by atoms with Gasteiger partial charge in [0.05, 0.1) is 10.5 Å². The molecular formula is C28H24F3N3O4S. The Kier molecular flexibility index (Phi) is 8.32. The third-order valence-corrected chi connectivity index (χ3v) is 7.37. The van der Waals surface area contributed by atoms with Crippen LogP contribution in [0.15, 0.2) is 102 Å². The van der Waals surface area contributed by atoms with Gasteiger partial charge >= 0.3 is 12.1 Å². The number of hydrogen-bond donors (Lipinski definition) is 3. The number of aromatic nitrogens is 1. The Bertz CT molecular complexity index is 1530. The van der Waals surface area contributed by atoms with Gasteiger partial charge in [-0.1, -0.05) is 48.5 Å². The number of hydrogen-bond acceptors (Lipinski definition) is 5. The Labute approximate surface area is 223 Å². The van der Waals surface area contributed by atoms with Gasteiger partial charge in [0.25, 0.3) is 0 Å². The van der Waals surface area contributed by atoms with E-state index in [4.69, 9.17) is 0 Å². The molecule has 1 unspecified atom stereocenters. The van der Waals surface area contributed by atoms with E-state index < -0.39 is 38.7 Å². The topological polar surface area (TPSA) is 108 Å². The van der Waals surface area contributed by atoms with Gasteiger partial charge < -0.3 is 10.4 Å². The molecule has 11 heteroatoms. The Morgan fingerprint density at radius 3 is 2.21 bits per heavy atom. The van der Waals surface area contributed by atoms with Crippen molar-refractivity contribution < 1.29 is 31.5 Å². The molecule has 0 saturated heterocycles. The minimum absolute atomic E-state index is 0.163. The van der Waals surface area contributed by atoms with Crippen LogP contribution in [0.2, 0.25) is 0 Å². The number of carbonyl (C=O) groups is 1. The van der Waals surface area contributed by atoms with Crippen LogP contribution in [0, 0.1) is 0 Å². The van der Waals surface area contributed by atoms with E-state index in [0.29, 0.717) is 24.2 Å². The maximum Gasteiger partial charge on any atom is 0.416 e. The second-order valence-corrected chi connectivity index (χ2v) is 10.4. The number of alkyl halides is 3. The molecule has 0 radical (unpaired) electrons. The minimum atomic E-state index is -4.62. The summed E-state index contributed by atoms with van der Waals surface area (Å²) in [5, 5.41) is 12.9. The number of carboxylic acid groups (broad SMARTS) is 1. The van der Waals surface area contributed by atoms with Crippen molar-refractivity contribution in [2.24, 2.45) is 0 Å². The summed E-state index contributed by atoms with van der Waals surface area (Å²) in [4.78, 5) is 15.6. The molecule has 3 aromatic carbocycles. The van der Waals surface area contributed by atoms with Crippen molar-refractivity contribution in [3.63, 3.8) is 0 Å². The molecule has 0 aliphatic carbocycles. The van der Waals surface area contributed by atoms with E-state index >= 15 is 0 Å². The SMILES string of the molecule is O=C(O)C(Cc1ccc(-c2cccc(CNc3ccccn3)c2)cc1)NS(=O)(=O)c1ccc(C(F)(F)F)cc1. The van der Waals surface area contributed by atoms with Crippen molar-refractivity contribution >= 4 is 21.8 Å². The summed E-state index contributed by atoms with van der Waals surface area (Å²) in [6.07, 6.45) is -3.08. The zero-order chi connectivity index (χ0) is 28.0. The van der Waals surface area contributed by atoms with E-state index in [0.717, 1.165) is 34.6 Å². The van der Waals surface area contributed by atoms with Crippen LogP contribution in [0.25, 0.3) is 11.1 Å². The van der Waals surface area contributed by atoms with Crippen LogP contribution in [0.3, 0.4) is 0 Å². The standard InChI is InChI=1S/C28H24F3N3O4S/c29-28(30,31)23-11-13-24(14-12-23)39(37,38)34-25(27(35)36)17-19-7-9-21(10-8-19)22-5-3-4-20(16-22)18-33-26-6-1-2-15-32-26/h1-16,25,34H,17-18H2,(H,32,33)(H,35,36). The minimum Gasteiger partial charge on any atom is -0.480 e. The highest BCUT2D eigenvalue weighted by Gasteiger charge is 2.31. The third-order valence-electron chi connectivity index (χ3n) is 5.88. The maximum atomic E-state index is 12.8. The predicted octanol–water partition coefficient (Wildman–Crippen LogP) is 5.35. The van der Waals surface area contributed by atoms with Crippen molar-refractivity contribution in [2.75, 3.05) is 5.32 Å². The first-order valence-corrected chi connectivity index (χ1v) is 13.3. The molecule has 4 aromatic rings. The molecule has 0 spiro atoms. The van der Waals surface area contributed by atoms with Crippen LogP contribution in [-0.2, 0) is 34.0 Å². The number of nitrogens with zero attached hydrogens (tertiary/aromatic N) is 1. The molecule has 1 atom stereocenters. The van der Waals surface area contributed by atoms with Crippen molar-refractivity contribution in [2.45, 2.75) is 30.1 Å². The average Bonchev–Trinajstić information content (AvgIpc) is 2.92. The van der Waals surface area contributed by atoms with Crippen LogP contribution in [0.5, 0.6) is 0 Å². The molecule has 0 aliphatic heterocycles. The van der Waals surface area contributed by atoms with Gasteiger partial charge in [0.1, 0.15) is 11.9 Å². The van der Waals surface area contributed by atoms with Crippen LogP contribution in [0.4, 0.5) is 19.0 Å². The first kappa shape index (κ1) is 27.8. The van der Waals surface area contributed by atoms with E-state index in [1.54, 1.807) is 18.3 Å². The van der Waals surface area contributed by atoms with E-state index in [2.05, 4.69) is 15.0 Å². The van der Waals surface area contributed by atoms with Crippen LogP contribution in [0.1, 0.15) is 16.7 Å². The van der Waals surface area contributed by atoms with Gasteiger partial charge in [-0.05, 0) is 71.1 Å². The molecule has 39 heavy (non-hydrogen) atoms. The fourth-order valence-electron chi connectivity index (χ4n) is 3.85. The summed E-state index contributed by atoms with van der Waals surface area (Å²) in [7, 11) is -4.38. The van der Waals surface area contributed by atoms with E-state index in [-0.39, 0.29) is 6.42 Å². The largest absolute Gasteiger partial charge is 0.480 e. The lowest BCUT2D eigenvalue weighted by molar-refractivity contribution is -0.139. The highest BCUT2D eigenvalue weighted by atomic mass is 32.2. The maximum absolute atomic E-state index is 12.8. The number of anilines is 1. The van der Waals surface area contributed by atoms with Crippen LogP contribution < -0.4 is 10.0 Å². The molecule has 1 aromatic heterocycles. The smallest absolute Gasteiger partial charge is 0.416 e. The van der Waals surface area contributed by atoms with Crippen molar-refractivity contribution in [3.05, 3.63) is 114 Å². The molecule has 4 rings (SSSR count). The van der Waals surface area contributed by atoms with Crippen LogP contribution >= 0.6 is 0 Å². The lowest BCUT2D eigenvalue weighted by atomic mass is 9.99. The van der Waals surface area contributed by atoms with E-state index in [1.165, 1.54) is 0 Å². The number of halogens is 3. The van der Waals surface area contributed by atoms with Gasteiger partial charge in [-0.2, -0.15) is 17.9 Å². The quantitative estimate of drug-likeness (QED) is 0.243. The Hall–Kier alpha value is -4.22. The first-order valence-electron chi connectivity index (χ1n) is 11.8. The summed E-state index contributed by atoms with van der Waals surface area (Å²) in [6, 6.07) is 21.8. The number of nitrogens with one attached hydrogen (secondary N) is 2. The molecule has 1 heterocycles. The van der Waals surface area contributed by atoms with Crippen molar-refractivity contribution in [1.82, 2.24) is 9.71 Å². The van der Waals surface area contributed by atoms with Gasteiger partial charge in [0.2, 0.25) is 10.0 Å². The second kappa shape index (κ2) is 11.7. The fourth-order valence-corrected chi connectivity index (χ4v) is 5.04. The number of sulfonamides is 1. The Morgan fingerprint density at radius 1 is 0.872 bits per heavy atom. The summed E-state index contributed by atoms with van der Waals surface area (Å²) < 4.78 is 65.7. The molecule has 0 fully saturated rings. The highest BCUT2D eigenvalue weighted by molar-refractivity contribution is 7.89. The Morgan fingerprint density at radius 2 is 1.59 bits per heavy atom. The second-order valence-electron chi connectivity index (χ2n) is 8.70. The van der Waals surface area contributed by atoms with Crippen LogP contribution in [-0.4, -0.2) is 30.5 Å². The summed E-state index contributed by atoms with van der Waals surface area (Å²) >= 11 is 0. The number of benzene rings is 3. The number of aliphatic carboxylic acids is 1. The molecule has 0 amide bonds. The normalized spacial score (nSPS) is 12.6. The predicted molar refractivity (Wildman–Crippen MR) is 140 cm³/mol. The summed E-state index contributed by atoms with van der Waals surface area (Å²) in [6.45, 7) is 0.572. The summed E-state index contributed by atoms with van der Waals surface area (Å²) in [5.41, 5.74) is 2.42. The van der Waals surface area contributed by atoms with Gasteiger partial charge in [-0.15, -0.1) is 0 Å². The molecule has 7 nitrogen and oxygen atoms in total. The number of pyridine rings is 1. The third kappa shape index (κ3) is 7.43. The Balaban J connectivity index is 1.43. The van der Waals surface area contributed by atoms with Crippen molar-refractivity contribution in [1.29, 1.82) is 0 Å². The molecule has 0 bridgehead atoms. The highest BCUT2D eigenvalue weighted by Crippen LogP contribution is 2.30. The molecular weight excluding hydrogens is 531 g/mol. The van der Waals surface area contributed by atoms with Gasteiger partial charge in [0, 0.05) is 12.7 Å². The van der Waals surface area contributed by atoms with E-state index in [1.807, 2.05) is 54.6 Å². The van der Waals surface area contributed by atoms with E-state index in [9.17, 15) is 31.5 Å². The summed E-state index contributed by atoms with van der Waals surface area (Å²) in [5.74, 6) is -0.656. The molecule has 0 aliphatic rings. The van der Waals surface area contributed by atoms with Gasteiger partial charge in [-0.3, -0.25) is 4.79 Å². The van der Waals surface area contributed by atoms with Gasteiger partial charge in [0.15, 0.2) is 0 Å². The zero-order valence-electron chi connectivity index (χ0n) is 20.4. The lowest BCUT2D eigenvalue weighted by Gasteiger charge is -2.16. The number of rotatable bonds is 10. The van der Waals surface area contributed by atoms with Crippen molar-refractivity contribution in [3.8, 4) is 11.1 Å². The zero-order valence-corrected chi connectivity index (χ0v) is 21.2.